The van der Waals surface area contributed by atoms with Crippen molar-refractivity contribution in [2.45, 2.75) is 18.5 Å². The summed E-state index contributed by atoms with van der Waals surface area (Å²) < 4.78 is 44.2. The van der Waals surface area contributed by atoms with Gasteiger partial charge in [-0.25, -0.2) is 9.59 Å². The van der Waals surface area contributed by atoms with Crippen molar-refractivity contribution >= 4 is 29.3 Å². The summed E-state index contributed by atoms with van der Waals surface area (Å²) in [7, 11) is 4.83. The quantitative estimate of drug-likeness (QED) is 0.146. The monoisotopic (exact) mass is 662 g/mol. The Morgan fingerprint density at radius 2 is 1.74 bits per heavy atom. The first-order chi connectivity index (χ1) is 21.6. The van der Waals surface area contributed by atoms with Gasteiger partial charge in [-0.3, -0.25) is 15.2 Å². The summed E-state index contributed by atoms with van der Waals surface area (Å²) in [6.45, 7) is -0.135. The van der Waals surface area contributed by atoms with Crippen LogP contribution in [0, 0.1) is 5.41 Å². The van der Waals surface area contributed by atoms with E-state index in [-0.39, 0.29) is 18.3 Å². The number of hydrogen-bond acceptors (Lipinski definition) is 7. The van der Waals surface area contributed by atoms with E-state index in [1.54, 1.807) is 62.6 Å². The number of amidine groups is 1. The van der Waals surface area contributed by atoms with E-state index < -0.39 is 23.8 Å². The standard InChI is InChI=1S/C28H29ClN6O4.C2HF3O2/c1-34(2)25(36)16-39-23-13-12-19(15-24(23)38-3)20(14-17-8-10-18(11-9-17)26(30)31)27-32-28(37)35(33-27)22-7-5-4-6-21(22)29;3-2(4,5)1(6)7/h4-13,15,20H,14,16H2,1-3H3,(H3,30,31)(H,32,33,37);(H,6,7). The third kappa shape index (κ3) is 9.11. The zero-order chi connectivity index (χ0) is 34.2. The van der Waals surface area contributed by atoms with E-state index >= 15 is 0 Å². The molecular weight excluding hydrogens is 633 g/mol. The summed E-state index contributed by atoms with van der Waals surface area (Å²) in [6.07, 6.45) is -4.61. The number of halogens is 4. The first-order valence-electron chi connectivity index (χ1n) is 13.3. The summed E-state index contributed by atoms with van der Waals surface area (Å²) in [6, 6.07) is 19.7. The highest BCUT2D eigenvalue weighted by Gasteiger charge is 2.38. The number of nitrogen functional groups attached to an aromatic ring is 1. The van der Waals surface area contributed by atoms with E-state index in [9.17, 15) is 22.8 Å². The molecule has 16 heteroatoms. The van der Waals surface area contributed by atoms with Gasteiger partial charge in [-0.2, -0.15) is 17.9 Å². The van der Waals surface area contributed by atoms with Gasteiger partial charge < -0.3 is 25.2 Å². The summed E-state index contributed by atoms with van der Waals surface area (Å²) >= 11 is 6.34. The Kier molecular flexibility index (Phi) is 11.6. The molecule has 0 fully saturated rings. The van der Waals surface area contributed by atoms with Crippen LogP contribution < -0.4 is 20.9 Å². The number of nitrogens with two attached hydrogens (primary N) is 1. The lowest BCUT2D eigenvalue weighted by Gasteiger charge is -2.18. The number of carbonyl (C=O) groups excluding carboxylic acids is 1. The number of aliphatic carboxylic acids is 1. The van der Waals surface area contributed by atoms with Crippen molar-refractivity contribution in [3.8, 4) is 17.2 Å². The Hall–Kier alpha value is -5.31. The van der Waals surface area contributed by atoms with E-state index in [0.717, 1.165) is 11.1 Å². The van der Waals surface area contributed by atoms with Crippen molar-refractivity contribution in [3.63, 3.8) is 0 Å². The smallest absolute Gasteiger partial charge is 0.490 e. The zero-order valence-corrected chi connectivity index (χ0v) is 25.5. The molecular formula is C30H30ClF3N6O6. The van der Waals surface area contributed by atoms with Crippen LogP contribution in [0.25, 0.3) is 5.69 Å². The number of H-pyrrole nitrogens is 1. The number of likely N-dealkylation sites (N-methyl/N-ethyl adjacent to an activating group) is 1. The van der Waals surface area contributed by atoms with Gasteiger partial charge in [0.15, 0.2) is 18.1 Å². The van der Waals surface area contributed by atoms with Crippen LogP contribution in [-0.4, -0.2) is 76.5 Å². The molecule has 1 atom stereocenters. The lowest BCUT2D eigenvalue weighted by molar-refractivity contribution is -0.192. The van der Waals surface area contributed by atoms with Crippen LogP contribution in [0.2, 0.25) is 5.02 Å². The lowest BCUT2D eigenvalue weighted by Crippen LogP contribution is -2.27. The van der Waals surface area contributed by atoms with Crippen molar-refractivity contribution in [2.75, 3.05) is 27.8 Å². The number of aromatic amines is 1. The molecule has 1 heterocycles. The lowest BCUT2D eigenvalue weighted by atomic mass is 9.90. The molecule has 46 heavy (non-hydrogen) atoms. The van der Waals surface area contributed by atoms with Crippen molar-refractivity contribution in [3.05, 3.63) is 105 Å². The highest BCUT2D eigenvalue weighted by Crippen LogP contribution is 2.34. The highest BCUT2D eigenvalue weighted by molar-refractivity contribution is 6.32. The van der Waals surface area contributed by atoms with Crippen LogP contribution in [0.5, 0.6) is 11.5 Å². The van der Waals surface area contributed by atoms with Crippen LogP contribution in [0.15, 0.2) is 71.5 Å². The molecule has 0 aliphatic heterocycles. The minimum atomic E-state index is -5.08. The number of nitrogens with one attached hydrogen (secondary N) is 2. The Labute approximate surface area is 265 Å². The van der Waals surface area contributed by atoms with E-state index in [4.69, 9.17) is 42.1 Å². The Morgan fingerprint density at radius 1 is 1.11 bits per heavy atom. The maximum absolute atomic E-state index is 12.9. The molecule has 1 unspecified atom stereocenters. The number of alkyl halides is 3. The molecule has 3 aromatic carbocycles. The number of benzene rings is 3. The molecule has 12 nitrogen and oxygen atoms in total. The number of carboxylic acids is 1. The highest BCUT2D eigenvalue weighted by atomic mass is 35.5. The van der Waals surface area contributed by atoms with Gasteiger partial charge in [-0.1, -0.05) is 54.1 Å². The van der Waals surface area contributed by atoms with E-state index in [0.29, 0.717) is 40.0 Å². The average molecular weight is 663 g/mol. The van der Waals surface area contributed by atoms with Gasteiger partial charge in [0.25, 0.3) is 5.91 Å². The predicted molar refractivity (Wildman–Crippen MR) is 163 cm³/mol. The van der Waals surface area contributed by atoms with Crippen molar-refractivity contribution < 1.29 is 37.3 Å². The van der Waals surface area contributed by atoms with E-state index in [1.165, 1.54) is 16.7 Å². The molecule has 4 rings (SSSR count). The number of rotatable bonds is 10. The molecule has 1 aromatic heterocycles. The van der Waals surface area contributed by atoms with Crippen LogP contribution >= 0.6 is 11.6 Å². The number of hydrogen-bond donors (Lipinski definition) is 4. The second-order valence-corrected chi connectivity index (χ2v) is 10.2. The van der Waals surface area contributed by atoms with Gasteiger partial charge in [0.1, 0.15) is 11.7 Å². The van der Waals surface area contributed by atoms with Crippen molar-refractivity contribution in [1.29, 1.82) is 5.41 Å². The SMILES string of the molecule is COc1cc(C(Cc2ccc(C(=N)N)cc2)c2nn(-c3ccccc3Cl)c(=O)[nH]2)ccc1OCC(=O)N(C)C.O=C(O)C(F)(F)F. The summed E-state index contributed by atoms with van der Waals surface area (Å²) in [5, 5.41) is 19.8. The van der Waals surface area contributed by atoms with Gasteiger partial charge >= 0.3 is 17.8 Å². The molecule has 0 bridgehead atoms. The number of carboxylic acid groups (broad SMARTS) is 1. The Bertz CT molecular complexity index is 1760. The number of ether oxygens (including phenoxy) is 2. The molecule has 0 aliphatic carbocycles. The number of methoxy groups -OCH3 is 1. The molecule has 0 saturated heterocycles. The van der Waals surface area contributed by atoms with Gasteiger partial charge in [0.2, 0.25) is 0 Å². The largest absolute Gasteiger partial charge is 0.493 e. The maximum Gasteiger partial charge on any atom is 0.490 e. The predicted octanol–water partition coefficient (Wildman–Crippen LogP) is 3.98. The van der Waals surface area contributed by atoms with Gasteiger partial charge in [0.05, 0.1) is 17.8 Å². The number of aromatic nitrogens is 3. The molecule has 0 radical (unpaired) electrons. The third-order valence-corrected chi connectivity index (χ3v) is 6.75. The number of amides is 1. The fourth-order valence-corrected chi connectivity index (χ4v) is 4.22. The molecule has 0 aliphatic rings. The molecule has 1 amide bonds. The number of nitrogens with zero attached hydrogens (tertiary/aromatic N) is 3. The first-order valence-corrected chi connectivity index (χ1v) is 13.7. The topological polar surface area (TPSA) is 177 Å². The Morgan fingerprint density at radius 3 is 2.28 bits per heavy atom. The maximum atomic E-state index is 12.9. The third-order valence-electron chi connectivity index (χ3n) is 6.43. The Balaban J connectivity index is 0.000000738. The van der Waals surface area contributed by atoms with Crippen molar-refractivity contribution in [2.24, 2.45) is 5.73 Å². The van der Waals surface area contributed by atoms with Gasteiger partial charge in [-0.15, -0.1) is 5.10 Å². The average Bonchev–Trinajstić information content (AvgIpc) is 3.39. The van der Waals surface area contributed by atoms with E-state index in [1.807, 2.05) is 18.2 Å². The number of para-hydroxylation sites is 1. The fraction of sp³-hybridized carbons (Fsp3) is 0.233. The second-order valence-electron chi connectivity index (χ2n) is 9.84. The van der Waals surface area contributed by atoms with Gasteiger partial charge in [-0.05, 0) is 41.8 Å². The normalized spacial score (nSPS) is 11.5. The number of carbonyl (C=O) groups is 2. The van der Waals surface area contributed by atoms with Gasteiger partial charge in [0, 0.05) is 25.6 Å². The molecule has 244 valence electrons. The summed E-state index contributed by atoms with van der Waals surface area (Å²) in [4.78, 5) is 38.2. The van der Waals surface area contributed by atoms with Crippen LogP contribution in [0.1, 0.15) is 28.4 Å². The molecule has 4 aromatic rings. The second kappa shape index (κ2) is 15.1. The molecule has 5 N–H and O–H groups in total. The van der Waals surface area contributed by atoms with E-state index in [2.05, 4.69) is 10.1 Å². The molecule has 0 spiro atoms. The minimum absolute atomic E-state index is 0.0195. The summed E-state index contributed by atoms with van der Waals surface area (Å²) in [5.74, 6) is -2.08. The van der Waals surface area contributed by atoms with Crippen LogP contribution in [0.3, 0.4) is 0 Å². The minimum Gasteiger partial charge on any atom is -0.493 e. The summed E-state index contributed by atoms with van der Waals surface area (Å²) in [5.41, 5.74) is 8.00. The van der Waals surface area contributed by atoms with Crippen LogP contribution in [-0.2, 0) is 16.0 Å². The fourth-order valence-electron chi connectivity index (χ4n) is 4.00. The van der Waals surface area contributed by atoms with Crippen LogP contribution in [0.4, 0.5) is 13.2 Å². The molecule has 0 saturated carbocycles. The first kappa shape index (κ1) is 35.2. The zero-order valence-electron chi connectivity index (χ0n) is 24.8. The van der Waals surface area contributed by atoms with Crippen molar-refractivity contribution in [1.82, 2.24) is 19.7 Å².